The van der Waals surface area contributed by atoms with Crippen LogP contribution in [0, 0.1) is 13.8 Å². The van der Waals surface area contributed by atoms with Crippen LogP contribution in [0.2, 0.25) is 0 Å². The molecule has 0 heterocycles. The van der Waals surface area contributed by atoms with Gasteiger partial charge in [-0.3, -0.25) is 4.99 Å². The zero-order chi connectivity index (χ0) is 15.7. The van der Waals surface area contributed by atoms with Crippen LogP contribution in [0.5, 0.6) is 11.5 Å². The molecule has 2 N–H and O–H groups in total. The Hall–Kier alpha value is -2.81. The summed E-state index contributed by atoms with van der Waals surface area (Å²) in [5.74, 6) is 0.405. The molecular formula is C19H17NO2. The third-order valence-corrected chi connectivity index (χ3v) is 3.58. The summed E-state index contributed by atoms with van der Waals surface area (Å²) in [7, 11) is 0. The summed E-state index contributed by atoms with van der Waals surface area (Å²) in [6.45, 7) is 3.95. The predicted molar refractivity (Wildman–Crippen MR) is 90.4 cm³/mol. The molecule has 3 aromatic rings. The van der Waals surface area contributed by atoms with Crippen molar-refractivity contribution >= 4 is 22.7 Å². The lowest BCUT2D eigenvalue weighted by atomic mass is 10.0. The fourth-order valence-electron chi connectivity index (χ4n) is 2.60. The monoisotopic (exact) mass is 291 g/mol. The Bertz CT molecular complexity index is 877. The highest BCUT2D eigenvalue weighted by Crippen LogP contribution is 2.35. The Labute approximate surface area is 129 Å². The van der Waals surface area contributed by atoms with Crippen molar-refractivity contribution < 1.29 is 10.2 Å². The van der Waals surface area contributed by atoms with E-state index in [1.165, 1.54) is 0 Å². The molecule has 0 aromatic heterocycles. The van der Waals surface area contributed by atoms with Gasteiger partial charge >= 0.3 is 0 Å². The van der Waals surface area contributed by atoms with Gasteiger partial charge in [0.2, 0.25) is 0 Å². The number of aliphatic imine (C=N–C) groups is 1. The van der Waals surface area contributed by atoms with E-state index in [0.29, 0.717) is 11.3 Å². The second-order valence-electron chi connectivity index (χ2n) is 5.48. The first-order chi connectivity index (χ1) is 10.5. The average molecular weight is 291 g/mol. The van der Waals surface area contributed by atoms with Crippen LogP contribution in [-0.2, 0) is 0 Å². The molecule has 22 heavy (non-hydrogen) atoms. The highest BCUT2D eigenvalue weighted by molar-refractivity contribution is 6.00. The summed E-state index contributed by atoms with van der Waals surface area (Å²) in [4.78, 5) is 4.47. The molecule has 3 rings (SSSR count). The van der Waals surface area contributed by atoms with Crippen LogP contribution in [0.4, 0.5) is 5.69 Å². The Balaban J connectivity index is 2.17. The maximum Gasteiger partial charge on any atom is 0.125 e. The van der Waals surface area contributed by atoms with Crippen LogP contribution >= 0.6 is 0 Å². The third kappa shape index (κ3) is 2.66. The number of hydrogen-bond donors (Lipinski definition) is 2. The molecule has 0 aliphatic rings. The number of hydrogen-bond acceptors (Lipinski definition) is 3. The van der Waals surface area contributed by atoms with E-state index in [9.17, 15) is 10.2 Å². The van der Waals surface area contributed by atoms with Crippen molar-refractivity contribution in [3.05, 3.63) is 65.2 Å². The van der Waals surface area contributed by atoms with Crippen molar-refractivity contribution in [3.63, 3.8) is 0 Å². The minimum absolute atomic E-state index is 0.184. The third-order valence-electron chi connectivity index (χ3n) is 3.58. The Kier molecular flexibility index (Phi) is 3.55. The molecule has 110 valence electrons. The molecule has 0 saturated carbocycles. The maximum absolute atomic E-state index is 10.3. The number of rotatable bonds is 2. The number of aromatic hydroxyl groups is 2. The van der Waals surface area contributed by atoms with Gasteiger partial charge in [-0.15, -0.1) is 0 Å². The lowest BCUT2D eigenvalue weighted by Crippen LogP contribution is -1.84. The normalized spacial score (nSPS) is 11.4. The first-order valence-electron chi connectivity index (χ1n) is 7.10. The summed E-state index contributed by atoms with van der Waals surface area (Å²) >= 11 is 0. The van der Waals surface area contributed by atoms with Gasteiger partial charge in [-0.2, -0.15) is 0 Å². The van der Waals surface area contributed by atoms with Crippen molar-refractivity contribution in [2.75, 3.05) is 0 Å². The molecule has 0 bridgehead atoms. The topological polar surface area (TPSA) is 52.8 Å². The number of para-hydroxylation sites is 1. The van der Waals surface area contributed by atoms with E-state index >= 15 is 0 Å². The molecule has 0 spiro atoms. The first kappa shape index (κ1) is 14.1. The SMILES string of the molecule is Cc1cc(O)c2c(N=Cc3ccccc3O)cc(C)cc2c1. The standard InChI is InChI=1S/C19H17NO2/c1-12-7-15-8-13(2)10-18(22)19(15)16(9-12)20-11-14-5-3-4-6-17(14)21/h3-11,21-22H,1-2H3. The number of fused-ring (bicyclic) bond motifs is 1. The predicted octanol–water partition coefficient (Wildman–Crippen LogP) is 4.62. The van der Waals surface area contributed by atoms with Gasteiger partial charge in [-0.25, -0.2) is 0 Å². The van der Waals surface area contributed by atoms with Crippen LogP contribution in [0.15, 0.2) is 53.5 Å². The largest absolute Gasteiger partial charge is 0.507 e. The summed E-state index contributed by atoms with van der Waals surface area (Å²) in [5, 5.41) is 21.7. The zero-order valence-corrected chi connectivity index (χ0v) is 12.5. The Morgan fingerprint density at radius 2 is 1.55 bits per heavy atom. The second-order valence-corrected chi connectivity index (χ2v) is 5.48. The second kappa shape index (κ2) is 5.53. The van der Waals surface area contributed by atoms with Gasteiger partial charge in [0.25, 0.3) is 0 Å². The zero-order valence-electron chi connectivity index (χ0n) is 12.5. The summed E-state index contributed by atoms with van der Waals surface area (Å²) in [6.07, 6.45) is 1.61. The number of phenols is 2. The lowest BCUT2D eigenvalue weighted by Gasteiger charge is -2.08. The molecule has 0 saturated heterocycles. The van der Waals surface area contributed by atoms with Crippen molar-refractivity contribution in [2.45, 2.75) is 13.8 Å². The average Bonchev–Trinajstić information content (AvgIpc) is 2.45. The summed E-state index contributed by atoms with van der Waals surface area (Å²) < 4.78 is 0. The van der Waals surface area contributed by atoms with Crippen LogP contribution in [0.25, 0.3) is 10.8 Å². The molecule has 3 heteroatoms. The van der Waals surface area contributed by atoms with Crippen molar-refractivity contribution in [1.82, 2.24) is 0 Å². The van der Waals surface area contributed by atoms with Crippen molar-refractivity contribution in [3.8, 4) is 11.5 Å². The number of aryl methyl sites for hydroxylation is 2. The van der Waals surface area contributed by atoms with E-state index in [1.54, 1.807) is 30.5 Å². The van der Waals surface area contributed by atoms with Gasteiger partial charge in [0.1, 0.15) is 11.5 Å². The highest BCUT2D eigenvalue weighted by atomic mass is 16.3. The van der Waals surface area contributed by atoms with Crippen molar-refractivity contribution in [1.29, 1.82) is 0 Å². The van der Waals surface area contributed by atoms with E-state index in [-0.39, 0.29) is 11.5 Å². The van der Waals surface area contributed by atoms with Crippen molar-refractivity contribution in [2.24, 2.45) is 4.99 Å². The summed E-state index contributed by atoms with van der Waals surface area (Å²) in [5.41, 5.74) is 3.41. The lowest BCUT2D eigenvalue weighted by molar-refractivity contribution is 0.474. The maximum atomic E-state index is 10.3. The first-order valence-corrected chi connectivity index (χ1v) is 7.10. The van der Waals surface area contributed by atoms with Crippen LogP contribution in [-0.4, -0.2) is 16.4 Å². The van der Waals surface area contributed by atoms with E-state index in [0.717, 1.165) is 21.9 Å². The molecule has 0 atom stereocenters. The minimum Gasteiger partial charge on any atom is -0.507 e. The minimum atomic E-state index is 0.184. The van der Waals surface area contributed by atoms with Gasteiger partial charge in [-0.1, -0.05) is 24.3 Å². The molecule has 0 radical (unpaired) electrons. The smallest absolute Gasteiger partial charge is 0.125 e. The number of nitrogens with zero attached hydrogens (tertiary/aromatic N) is 1. The highest BCUT2D eigenvalue weighted by Gasteiger charge is 2.07. The van der Waals surface area contributed by atoms with E-state index in [1.807, 2.05) is 38.1 Å². The van der Waals surface area contributed by atoms with Crippen LogP contribution < -0.4 is 0 Å². The molecule has 0 amide bonds. The van der Waals surface area contributed by atoms with Gasteiger partial charge < -0.3 is 10.2 Å². The molecule has 3 nitrogen and oxygen atoms in total. The summed E-state index contributed by atoms with van der Waals surface area (Å²) in [6, 6.07) is 14.7. The van der Waals surface area contributed by atoms with E-state index < -0.39 is 0 Å². The number of benzene rings is 3. The quantitative estimate of drug-likeness (QED) is 0.677. The Morgan fingerprint density at radius 3 is 2.27 bits per heavy atom. The molecule has 0 fully saturated rings. The Morgan fingerprint density at radius 1 is 0.864 bits per heavy atom. The molecule has 3 aromatic carbocycles. The van der Waals surface area contributed by atoms with Gasteiger partial charge in [0.15, 0.2) is 0 Å². The van der Waals surface area contributed by atoms with Gasteiger partial charge in [-0.05, 0) is 54.6 Å². The molecular weight excluding hydrogens is 274 g/mol. The molecule has 0 aliphatic carbocycles. The fourth-order valence-corrected chi connectivity index (χ4v) is 2.60. The van der Waals surface area contributed by atoms with Gasteiger partial charge in [0.05, 0.1) is 5.69 Å². The van der Waals surface area contributed by atoms with Gasteiger partial charge in [0, 0.05) is 17.2 Å². The van der Waals surface area contributed by atoms with E-state index in [2.05, 4.69) is 4.99 Å². The fraction of sp³-hybridized carbons (Fsp3) is 0.105. The van der Waals surface area contributed by atoms with Crippen LogP contribution in [0.3, 0.4) is 0 Å². The molecule has 0 aliphatic heterocycles. The molecule has 0 unspecified atom stereocenters. The van der Waals surface area contributed by atoms with E-state index in [4.69, 9.17) is 0 Å². The number of phenolic OH excluding ortho intramolecular Hbond substituents is 2. The van der Waals surface area contributed by atoms with Crippen LogP contribution in [0.1, 0.15) is 16.7 Å².